The third kappa shape index (κ3) is 13.8. The van der Waals surface area contributed by atoms with Gasteiger partial charge in [-0.1, -0.05) is 53.2 Å². The van der Waals surface area contributed by atoms with Crippen molar-refractivity contribution in [1.82, 2.24) is 0 Å². The number of aliphatic hydroxyl groups is 16. The molecule has 98 heavy (non-hydrogen) atoms. The molecule has 0 bridgehead atoms. The van der Waals surface area contributed by atoms with E-state index in [9.17, 15) is 91.3 Å². The summed E-state index contributed by atoms with van der Waals surface area (Å²) < 4.78 is 71.4. The Morgan fingerprint density at radius 3 is 1.80 bits per heavy atom. The Morgan fingerprint density at radius 1 is 0.561 bits per heavy atom. The second-order valence-electron chi connectivity index (χ2n) is 31.7. The summed E-state index contributed by atoms with van der Waals surface area (Å²) in [4.78, 5) is 42.0. The minimum absolute atomic E-state index is 0.0569. The van der Waals surface area contributed by atoms with Crippen LogP contribution in [0.15, 0.2) is 11.6 Å². The average Bonchev–Trinajstić information content (AvgIpc) is 0.670. The van der Waals surface area contributed by atoms with Crippen LogP contribution in [0.1, 0.15) is 140 Å². The molecule has 10 aliphatic rings. The Labute approximate surface area is 569 Å². The topological polar surface area (TPSA) is 486 Å². The molecule has 5 saturated heterocycles. The number of ether oxygens (including phenoxy) is 12. The van der Waals surface area contributed by atoms with Crippen LogP contribution in [0.4, 0.5) is 0 Å². The molecule has 5 heterocycles. The van der Waals surface area contributed by atoms with Gasteiger partial charge in [0, 0.05) is 5.41 Å². The largest absolute Gasteiger partial charge is 0.462 e. The first kappa shape index (κ1) is 77.8. The number of hydrogen-bond donors (Lipinski definition) is 16. The number of carbonyl (C=O) groups is 3. The first-order valence-electron chi connectivity index (χ1n) is 34.6. The normalized spacial score (nSPS) is 51.6. The summed E-state index contributed by atoms with van der Waals surface area (Å²) in [5.74, 6) is -3.89. The van der Waals surface area contributed by atoms with Crippen molar-refractivity contribution in [2.24, 2.45) is 50.2 Å². The fourth-order valence-corrected chi connectivity index (χ4v) is 19.0. The van der Waals surface area contributed by atoms with Crippen LogP contribution in [0.5, 0.6) is 0 Å². The van der Waals surface area contributed by atoms with Gasteiger partial charge in [-0.3, -0.25) is 14.4 Å². The van der Waals surface area contributed by atoms with E-state index in [1.165, 1.54) is 34.6 Å². The van der Waals surface area contributed by atoms with Gasteiger partial charge in [-0.15, -0.1) is 0 Å². The lowest BCUT2D eigenvalue weighted by atomic mass is 9.33. The highest BCUT2D eigenvalue weighted by Gasteiger charge is 2.73. The van der Waals surface area contributed by atoms with Crippen molar-refractivity contribution in [2.75, 3.05) is 19.8 Å². The first-order chi connectivity index (χ1) is 45.7. The molecule has 9 fully saturated rings. The summed E-state index contributed by atoms with van der Waals surface area (Å²) in [6.45, 7) is 17.7. The van der Waals surface area contributed by atoms with Crippen LogP contribution >= 0.6 is 0 Å². The molecule has 0 spiro atoms. The van der Waals surface area contributed by atoms with Crippen LogP contribution in [-0.4, -0.2) is 297 Å². The molecule has 0 aromatic carbocycles. The Bertz CT molecular complexity index is 2810. The number of esters is 3. The molecule has 5 aliphatic carbocycles. The molecule has 0 radical (unpaired) electrons. The zero-order chi connectivity index (χ0) is 72.2. The van der Waals surface area contributed by atoms with Gasteiger partial charge in [0.05, 0.1) is 75.4 Å². The minimum atomic E-state index is -2.10. The standard InChI is InChI=1S/C67H108O31/c1-26(70)18-39(74)88-27(2)19-40(75)93-52-30(5)91-60(54(49(52)84)96-58-48(83)45(80)51(29(4)90-58)94-56-50(85)53(34(72)24-87-56)95-57-46(81)43(78)41(76)28(3)89-57)98-61(86)67-17-16-62(6,7)20-32(67)31-12-13-37-63(8)21-33(71)55(97-59-47(82)44(79)42(77)35(23-68)92-59)64(9,25-69)36(63)14-15-65(37,10)66(31,11)22-38(67)73/h12,26-30,32-38,41-60,68-73,76-85H,13-25H2,1-11H3/t26-,27+,28-,29-,30+,32-,33-,34+,35+,36+,37+,38+,41-,42+,43+,44-,45-,46+,47+,48+,49-,50+,51-,52-,53-,54+,55-,56-,57-,58-,59-,60-,63-,64-,65+,66+,67+/m0/s1. The lowest BCUT2D eigenvalue weighted by Crippen LogP contribution is -2.70. The summed E-state index contributed by atoms with van der Waals surface area (Å²) >= 11 is 0. The zero-order valence-electron chi connectivity index (χ0n) is 57.5. The van der Waals surface area contributed by atoms with Gasteiger partial charge in [0.15, 0.2) is 37.4 Å². The lowest BCUT2D eigenvalue weighted by molar-refractivity contribution is -0.380. The molecule has 31 heteroatoms. The van der Waals surface area contributed by atoms with Crippen LogP contribution in [0.3, 0.4) is 0 Å². The maximum Gasteiger partial charge on any atom is 0.317 e. The van der Waals surface area contributed by atoms with Gasteiger partial charge in [0.2, 0.25) is 6.29 Å². The van der Waals surface area contributed by atoms with E-state index < -0.39 is 261 Å². The van der Waals surface area contributed by atoms with E-state index in [1.54, 1.807) is 0 Å². The van der Waals surface area contributed by atoms with Gasteiger partial charge in [-0.2, -0.15) is 0 Å². The molecular formula is C67H108O31. The quantitative estimate of drug-likeness (QED) is 0.0283. The Morgan fingerprint density at radius 2 is 1.15 bits per heavy atom. The summed E-state index contributed by atoms with van der Waals surface area (Å²) in [5, 5.41) is 179. The van der Waals surface area contributed by atoms with Crippen molar-refractivity contribution < 1.29 is 153 Å². The Hall–Kier alpha value is -2.85. The number of fused-ring (bicyclic) bond motifs is 7. The van der Waals surface area contributed by atoms with Crippen LogP contribution in [0, 0.1) is 50.2 Å². The number of hydrogen-bond acceptors (Lipinski definition) is 31. The van der Waals surface area contributed by atoms with E-state index in [2.05, 4.69) is 40.7 Å². The lowest BCUT2D eigenvalue weighted by Gasteiger charge is -2.72. The predicted molar refractivity (Wildman–Crippen MR) is 330 cm³/mol. The maximum absolute atomic E-state index is 15.9. The van der Waals surface area contributed by atoms with Gasteiger partial charge in [-0.25, -0.2) is 0 Å². The van der Waals surface area contributed by atoms with Gasteiger partial charge >= 0.3 is 17.9 Å². The number of allylic oxidation sites excluding steroid dienone is 2. The summed E-state index contributed by atoms with van der Waals surface area (Å²) in [7, 11) is 0. The molecule has 0 unspecified atom stereocenters. The van der Waals surface area contributed by atoms with E-state index in [-0.39, 0.29) is 37.5 Å². The molecular weight excluding hydrogens is 1300 g/mol. The van der Waals surface area contributed by atoms with E-state index in [1.807, 2.05) is 6.92 Å². The minimum Gasteiger partial charge on any atom is -0.462 e. The predicted octanol–water partition coefficient (Wildman–Crippen LogP) is -2.93. The van der Waals surface area contributed by atoms with E-state index in [0.717, 1.165) is 5.57 Å². The number of aliphatic hydroxyl groups excluding tert-OH is 16. The second-order valence-corrected chi connectivity index (χ2v) is 31.7. The highest BCUT2D eigenvalue weighted by Crippen LogP contribution is 2.76. The summed E-state index contributed by atoms with van der Waals surface area (Å²) in [6.07, 6.45) is -42.1. The molecule has 31 nitrogen and oxygen atoms in total. The number of rotatable bonds is 18. The van der Waals surface area contributed by atoms with Crippen LogP contribution in [0.2, 0.25) is 0 Å². The van der Waals surface area contributed by atoms with Crippen molar-refractivity contribution >= 4 is 17.9 Å². The maximum atomic E-state index is 15.9. The van der Waals surface area contributed by atoms with Gasteiger partial charge < -0.3 is 139 Å². The van der Waals surface area contributed by atoms with Crippen molar-refractivity contribution in [1.29, 1.82) is 0 Å². The van der Waals surface area contributed by atoms with Crippen LogP contribution in [-0.2, 0) is 71.2 Å². The van der Waals surface area contributed by atoms with Gasteiger partial charge in [0.1, 0.15) is 97.0 Å². The highest BCUT2D eigenvalue weighted by atomic mass is 16.8. The van der Waals surface area contributed by atoms with Crippen molar-refractivity contribution in [2.45, 2.75) is 318 Å². The van der Waals surface area contributed by atoms with Crippen molar-refractivity contribution in [3.63, 3.8) is 0 Å². The van der Waals surface area contributed by atoms with Crippen molar-refractivity contribution in [3.8, 4) is 0 Å². The highest BCUT2D eigenvalue weighted by molar-refractivity contribution is 5.80. The molecule has 562 valence electrons. The molecule has 37 atom stereocenters. The van der Waals surface area contributed by atoms with E-state index in [0.29, 0.717) is 32.1 Å². The molecule has 4 saturated carbocycles. The molecule has 10 rings (SSSR count). The summed E-state index contributed by atoms with van der Waals surface area (Å²) in [6, 6.07) is 0. The van der Waals surface area contributed by atoms with E-state index >= 15 is 4.79 Å². The smallest absolute Gasteiger partial charge is 0.317 e. The van der Waals surface area contributed by atoms with Crippen LogP contribution < -0.4 is 0 Å². The third-order valence-electron chi connectivity index (χ3n) is 24.6. The monoisotopic (exact) mass is 1410 g/mol. The second kappa shape index (κ2) is 29.2. The fourth-order valence-electron chi connectivity index (χ4n) is 19.0. The van der Waals surface area contributed by atoms with E-state index in [4.69, 9.17) is 56.8 Å². The van der Waals surface area contributed by atoms with Gasteiger partial charge in [0.25, 0.3) is 0 Å². The van der Waals surface area contributed by atoms with Gasteiger partial charge in [-0.05, 0) is 125 Å². The molecule has 5 aliphatic heterocycles. The fraction of sp³-hybridized carbons (Fsp3) is 0.925. The first-order valence-corrected chi connectivity index (χ1v) is 34.6. The Balaban J connectivity index is 0.908. The third-order valence-corrected chi connectivity index (χ3v) is 24.6. The Kier molecular flexibility index (Phi) is 23.2. The molecule has 0 aromatic heterocycles. The molecule has 0 amide bonds. The molecule has 0 aromatic rings. The average molecular weight is 1410 g/mol. The SMILES string of the molecule is C[C@H](O)CC(=O)O[C@H](C)CC(=O)O[C@@H]1[C@H](O)[C@@H](O[C@@H]2O[C@@H](C)[C@H](O[C@@H]3OC[C@@H](O)[C@H](O[C@@H]4O[C@@H](C)[C@H](O)[C@@H](O)[C@H]4O)[C@H]3O)[C@@H](O)[C@H]2O)[C@H](OC(=O)[C@]23CCC(C)(C)C[C@H]2C2=CC[C@@H]4[C@@]5(C)C[C@H](O)[C@H](O[C@@H]6O[C@H](CO)[C@@H](O)[C@H](O)[C@H]6O)[C@@](C)(CO)[C@@H]5CC[C@@]4(C)[C@]2(C)C[C@H]3O)O[C@@H]1C. The zero-order valence-corrected chi connectivity index (χ0v) is 57.5. The molecule has 16 N–H and O–H groups in total. The number of carbonyl (C=O) groups excluding carboxylic acids is 3. The van der Waals surface area contributed by atoms with Crippen LogP contribution in [0.25, 0.3) is 0 Å². The summed E-state index contributed by atoms with van der Waals surface area (Å²) in [5.41, 5.74) is -4.46. The van der Waals surface area contributed by atoms with Crippen molar-refractivity contribution in [3.05, 3.63) is 11.6 Å².